The van der Waals surface area contributed by atoms with Crippen molar-refractivity contribution in [3.8, 4) is 0 Å². The molecule has 0 unspecified atom stereocenters. The summed E-state index contributed by atoms with van der Waals surface area (Å²) in [5.41, 5.74) is 1.31. The topological polar surface area (TPSA) is 49.8 Å². The summed E-state index contributed by atoms with van der Waals surface area (Å²) in [5.74, 6) is 1.23. The Balaban J connectivity index is 2.43. The van der Waals surface area contributed by atoms with E-state index < -0.39 is 0 Å². The molecule has 2 aromatic rings. The van der Waals surface area contributed by atoms with Gasteiger partial charge in [-0.1, -0.05) is 29.8 Å². The number of anilines is 3. The van der Waals surface area contributed by atoms with Crippen molar-refractivity contribution in [2.24, 2.45) is 0 Å². The lowest BCUT2D eigenvalue weighted by atomic mass is 10.0. The first-order valence-electron chi connectivity index (χ1n) is 6.27. The van der Waals surface area contributed by atoms with Crippen molar-refractivity contribution in [3.05, 3.63) is 40.4 Å². The van der Waals surface area contributed by atoms with Crippen molar-refractivity contribution in [2.45, 2.75) is 19.8 Å². The molecule has 0 bridgehead atoms. The summed E-state index contributed by atoms with van der Waals surface area (Å²) in [7, 11) is 1.80. The van der Waals surface area contributed by atoms with E-state index in [2.05, 4.69) is 36.5 Å². The van der Waals surface area contributed by atoms with E-state index in [1.807, 2.05) is 13.8 Å². The third-order valence-electron chi connectivity index (χ3n) is 2.88. The molecule has 20 heavy (non-hydrogen) atoms. The highest BCUT2D eigenvalue weighted by Crippen LogP contribution is 2.31. The Morgan fingerprint density at radius 3 is 2.50 bits per heavy atom. The zero-order chi connectivity index (χ0) is 14.7. The Hall–Kier alpha value is -1.69. The molecule has 2 N–H and O–H groups in total. The molecule has 1 aromatic heterocycles. The lowest BCUT2D eigenvalue weighted by molar-refractivity contribution is 0.631. The summed E-state index contributed by atoms with van der Waals surface area (Å²) in [6.07, 6.45) is 1.46. The molecule has 6 heteroatoms. The Kier molecular flexibility index (Phi) is 4.54. The van der Waals surface area contributed by atoms with Crippen LogP contribution in [0.15, 0.2) is 29.0 Å². The summed E-state index contributed by atoms with van der Waals surface area (Å²) < 4.78 is 14.6. The lowest BCUT2D eigenvalue weighted by Gasteiger charge is -2.17. The van der Waals surface area contributed by atoms with Gasteiger partial charge in [0.2, 0.25) is 0 Å². The van der Waals surface area contributed by atoms with Crippen molar-refractivity contribution in [1.82, 2.24) is 9.97 Å². The molecular weight excluding hydrogens is 323 g/mol. The van der Waals surface area contributed by atoms with Gasteiger partial charge in [0.25, 0.3) is 0 Å². The molecule has 0 aliphatic rings. The minimum Gasteiger partial charge on any atom is -0.373 e. The maximum absolute atomic E-state index is 13.9. The van der Waals surface area contributed by atoms with E-state index in [9.17, 15) is 4.39 Å². The molecule has 1 heterocycles. The highest BCUT2D eigenvalue weighted by molar-refractivity contribution is 9.10. The van der Waals surface area contributed by atoms with Crippen LogP contribution in [0.1, 0.15) is 25.3 Å². The van der Waals surface area contributed by atoms with Gasteiger partial charge in [-0.05, 0) is 24.1 Å². The third-order valence-corrected chi connectivity index (χ3v) is 3.38. The first-order valence-corrected chi connectivity index (χ1v) is 7.07. The van der Waals surface area contributed by atoms with Crippen molar-refractivity contribution in [2.75, 3.05) is 17.7 Å². The smallest absolute Gasteiger partial charge is 0.147 e. The van der Waals surface area contributed by atoms with Gasteiger partial charge in [0.05, 0.1) is 5.69 Å². The maximum atomic E-state index is 13.9. The molecule has 1 aromatic carbocycles. The monoisotopic (exact) mass is 338 g/mol. The highest BCUT2D eigenvalue weighted by atomic mass is 79.9. The SMILES string of the molecule is CNc1ncnc(Nc2ccc(Br)cc2F)c1C(C)C. The van der Waals surface area contributed by atoms with Crippen molar-refractivity contribution in [1.29, 1.82) is 0 Å². The summed E-state index contributed by atoms with van der Waals surface area (Å²) in [4.78, 5) is 8.42. The second kappa shape index (κ2) is 6.17. The zero-order valence-electron chi connectivity index (χ0n) is 11.5. The van der Waals surface area contributed by atoms with Crippen LogP contribution in [-0.4, -0.2) is 17.0 Å². The lowest BCUT2D eigenvalue weighted by Crippen LogP contribution is -2.07. The molecule has 0 fully saturated rings. The Morgan fingerprint density at radius 1 is 1.20 bits per heavy atom. The van der Waals surface area contributed by atoms with E-state index >= 15 is 0 Å². The van der Waals surface area contributed by atoms with Gasteiger partial charge in [-0.15, -0.1) is 0 Å². The van der Waals surface area contributed by atoms with Crippen LogP contribution in [0.3, 0.4) is 0 Å². The largest absolute Gasteiger partial charge is 0.373 e. The number of aromatic nitrogens is 2. The van der Waals surface area contributed by atoms with E-state index in [4.69, 9.17) is 0 Å². The van der Waals surface area contributed by atoms with E-state index in [-0.39, 0.29) is 11.7 Å². The summed E-state index contributed by atoms with van der Waals surface area (Å²) in [6, 6.07) is 4.86. The quantitative estimate of drug-likeness (QED) is 0.873. The van der Waals surface area contributed by atoms with Gasteiger partial charge in [-0.3, -0.25) is 0 Å². The van der Waals surface area contributed by atoms with Crippen molar-refractivity contribution in [3.63, 3.8) is 0 Å². The fourth-order valence-corrected chi connectivity index (χ4v) is 2.29. The van der Waals surface area contributed by atoms with Gasteiger partial charge in [0, 0.05) is 17.1 Å². The van der Waals surface area contributed by atoms with Crippen LogP contribution in [0.25, 0.3) is 0 Å². The zero-order valence-corrected chi connectivity index (χ0v) is 13.1. The van der Waals surface area contributed by atoms with Crippen LogP contribution >= 0.6 is 15.9 Å². The predicted octanol–water partition coefficient (Wildman–Crippen LogP) is 4.29. The Labute approximate surface area is 126 Å². The number of hydrogen-bond donors (Lipinski definition) is 2. The Morgan fingerprint density at radius 2 is 1.90 bits per heavy atom. The normalized spacial score (nSPS) is 10.7. The summed E-state index contributed by atoms with van der Waals surface area (Å²) in [5, 5.41) is 6.07. The molecule has 0 amide bonds. The van der Waals surface area contributed by atoms with Crippen molar-refractivity contribution >= 4 is 33.3 Å². The molecule has 0 aliphatic heterocycles. The molecule has 0 saturated carbocycles. The standard InChI is InChI=1S/C14H16BrFN4/c1-8(2)12-13(17-3)18-7-19-14(12)20-11-5-4-9(15)6-10(11)16/h4-8H,1-3H3,(H2,17,18,19,20). The molecular formula is C14H16BrFN4. The fraction of sp³-hybridized carbons (Fsp3) is 0.286. The van der Waals surface area contributed by atoms with Crippen LogP contribution < -0.4 is 10.6 Å². The molecule has 106 valence electrons. The second-order valence-electron chi connectivity index (χ2n) is 4.64. The van der Waals surface area contributed by atoms with Crippen LogP contribution in [-0.2, 0) is 0 Å². The summed E-state index contributed by atoms with van der Waals surface area (Å²) in [6.45, 7) is 4.09. The molecule has 0 radical (unpaired) electrons. The molecule has 4 nitrogen and oxygen atoms in total. The number of nitrogens with zero attached hydrogens (tertiary/aromatic N) is 2. The van der Waals surface area contributed by atoms with Crippen LogP contribution in [0, 0.1) is 5.82 Å². The van der Waals surface area contributed by atoms with Gasteiger partial charge < -0.3 is 10.6 Å². The number of benzene rings is 1. The summed E-state index contributed by atoms with van der Waals surface area (Å²) >= 11 is 3.24. The minimum atomic E-state index is -0.335. The van der Waals surface area contributed by atoms with Gasteiger partial charge in [-0.25, -0.2) is 14.4 Å². The molecule has 0 saturated heterocycles. The van der Waals surface area contributed by atoms with Gasteiger partial charge in [0.15, 0.2) is 0 Å². The highest BCUT2D eigenvalue weighted by Gasteiger charge is 2.15. The number of nitrogens with one attached hydrogen (secondary N) is 2. The first kappa shape index (κ1) is 14.7. The van der Waals surface area contributed by atoms with Gasteiger partial charge in [0.1, 0.15) is 23.8 Å². The van der Waals surface area contributed by atoms with Gasteiger partial charge >= 0.3 is 0 Å². The van der Waals surface area contributed by atoms with Crippen LogP contribution in [0.5, 0.6) is 0 Å². The number of rotatable bonds is 4. The minimum absolute atomic E-state index is 0.208. The molecule has 2 rings (SSSR count). The van der Waals surface area contributed by atoms with Crippen LogP contribution in [0.2, 0.25) is 0 Å². The van der Waals surface area contributed by atoms with Crippen molar-refractivity contribution < 1.29 is 4.39 Å². The Bertz CT molecular complexity index is 616. The van der Waals surface area contributed by atoms with Gasteiger partial charge in [-0.2, -0.15) is 0 Å². The first-order chi connectivity index (χ1) is 9.52. The van der Waals surface area contributed by atoms with E-state index in [0.717, 1.165) is 11.4 Å². The second-order valence-corrected chi connectivity index (χ2v) is 5.55. The maximum Gasteiger partial charge on any atom is 0.147 e. The number of hydrogen-bond acceptors (Lipinski definition) is 4. The van der Waals surface area contributed by atoms with E-state index in [0.29, 0.717) is 16.0 Å². The fourth-order valence-electron chi connectivity index (χ4n) is 1.96. The predicted molar refractivity (Wildman–Crippen MR) is 83.1 cm³/mol. The van der Waals surface area contributed by atoms with E-state index in [1.54, 1.807) is 19.2 Å². The average Bonchev–Trinajstić information content (AvgIpc) is 2.41. The van der Waals surface area contributed by atoms with E-state index in [1.165, 1.54) is 12.4 Å². The molecule has 0 aliphatic carbocycles. The molecule has 0 spiro atoms. The van der Waals surface area contributed by atoms with Crippen LogP contribution in [0.4, 0.5) is 21.7 Å². The third kappa shape index (κ3) is 3.07. The molecule has 0 atom stereocenters. The average molecular weight is 339 g/mol. The number of halogens is 2.